The maximum atomic E-state index is 11.2. The van der Waals surface area contributed by atoms with Gasteiger partial charge < -0.3 is 5.32 Å². The third-order valence-corrected chi connectivity index (χ3v) is 5.29. The minimum atomic E-state index is -4.21. The molecule has 0 aromatic carbocycles. The van der Waals surface area contributed by atoms with E-state index >= 15 is 0 Å². The first-order chi connectivity index (χ1) is 12.5. The average molecular weight is 392 g/mol. The average Bonchev–Trinajstić information content (AvgIpc) is 2.56. The van der Waals surface area contributed by atoms with Crippen LogP contribution in [0.1, 0.15) is 110 Å². The molecule has 0 heterocycles. The lowest BCUT2D eigenvalue weighted by molar-refractivity contribution is -0.118. The second kappa shape index (κ2) is 17.8. The van der Waals surface area contributed by atoms with Crippen molar-refractivity contribution in [1.82, 2.24) is 5.32 Å². The predicted octanol–water partition coefficient (Wildman–Crippen LogP) is 5.25. The maximum Gasteiger partial charge on any atom is 0.274 e. The predicted molar refractivity (Wildman–Crippen MR) is 109 cm³/mol. The van der Waals surface area contributed by atoms with Crippen molar-refractivity contribution in [3.05, 3.63) is 0 Å². The monoisotopic (exact) mass is 391 g/mol. The number of nitrogens with one attached hydrogen (secondary N) is 1. The van der Waals surface area contributed by atoms with E-state index in [4.69, 9.17) is 4.55 Å². The first-order valence-electron chi connectivity index (χ1n) is 10.7. The van der Waals surface area contributed by atoms with E-state index in [-0.39, 0.29) is 0 Å². The van der Waals surface area contributed by atoms with Gasteiger partial charge in [-0.25, -0.2) is 0 Å². The summed E-state index contributed by atoms with van der Waals surface area (Å²) in [6.07, 6.45) is 20.8. The molecule has 6 heteroatoms. The lowest BCUT2D eigenvalue weighted by Crippen LogP contribution is -2.30. The zero-order valence-electron chi connectivity index (χ0n) is 16.8. The Morgan fingerprint density at radius 2 is 1.04 bits per heavy atom. The van der Waals surface area contributed by atoms with Crippen molar-refractivity contribution in [2.24, 2.45) is 0 Å². The summed E-state index contributed by atoms with van der Waals surface area (Å²) in [4.78, 5) is 11.2. The van der Waals surface area contributed by atoms with Crippen LogP contribution in [0.2, 0.25) is 0 Å². The number of carbonyl (C=O) groups is 1. The number of rotatable bonds is 19. The van der Waals surface area contributed by atoms with E-state index < -0.39 is 21.8 Å². The van der Waals surface area contributed by atoms with Crippen molar-refractivity contribution in [3.63, 3.8) is 0 Å². The Morgan fingerprint density at radius 3 is 1.38 bits per heavy atom. The molecule has 0 bridgehead atoms. The molecule has 0 spiro atoms. The molecule has 156 valence electrons. The van der Waals surface area contributed by atoms with Crippen LogP contribution in [0.15, 0.2) is 0 Å². The van der Waals surface area contributed by atoms with Crippen LogP contribution in [0.3, 0.4) is 0 Å². The molecule has 0 rings (SSSR count). The van der Waals surface area contributed by atoms with Gasteiger partial charge in [0, 0.05) is 6.54 Å². The maximum absolute atomic E-state index is 11.2. The number of amides is 1. The first kappa shape index (κ1) is 25.4. The third kappa shape index (κ3) is 21.4. The first-order valence-corrected chi connectivity index (χ1v) is 12.3. The van der Waals surface area contributed by atoms with Gasteiger partial charge in [0.15, 0.2) is 5.75 Å². The Kier molecular flexibility index (Phi) is 17.4. The second-order valence-electron chi connectivity index (χ2n) is 7.38. The summed E-state index contributed by atoms with van der Waals surface area (Å²) in [7, 11) is -4.21. The van der Waals surface area contributed by atoms with Gasteiger partial charge in [-0.15, -0.1) is 0 Å². The summed E-state index contributed by atoms with van der Waals surface area (Å²) in [5.74, 6) is -1.47. The SMILES string of the molecule is CCCCCCCCCCCCCCCCCCNC(=O)CS(=O)(=O)O. The Morgan fingerprint density at radius 1 is 0.692 bits per heavy atom. The molecule has 0 radical (unpaired) electrons. The summed E-state index contributed by atoms with van der Waals surface area (Å²) >= 11 is 0. The van der Waals surface area contributed by atoms with Crippen molar-refractivity contribution in [2.75, 3.05) is 12.3 Å². The van der Waals surface area contributed by atoms with Crippen molar-refractivity contribution in [1.29, 1.82) is 0 Å². The number of unbranched alkanes of at least 4 members (excludes halogenated alkanes) is 15. The van der Waals surface area contributed by atoms with Crippen LogP contribution in [-0.4, -0.2) is 31.2 Å². The molecule has 0 aliphatic rings. The van der Waals surface area contributed by atoms with Gasteiger partial charge in [0.05, 0.1) is 0 Å². The summed E-state index contributed by atoms with van der Waals surface area (Å²) in [5.41, 5.74) is 0. The van der Waals surface area contributed by atoms with Crippen LogP contribution in [-0.2, 0) is 14.9 Å². The lowest BCUT2D eigenvalue weighted by atomic mass is 10.0. The highest BCUT2D eigenvalue weighted by molar-refractivity contribution is 7.86. The quantitative estimate of drug-likeness (QED) is 0.233. The highest BCUT2D eigenvalue weighted by Gasteiger charge is 2.11. The molecule has 1 amide bonds. The summed E-state index contributed by atoms with van der Waals surface area (Å²) < 4.78 is 29.6. The standard InChI is InChI=1S/C20H41NO4S/c1-2-3-4-5-6-7-8-9-10-11-12-13-14-15-16-17-18-21-20(22)19-26(23,24)25/h2-19H2,1H3,(H,21,22)(H,23,24,25). The fraction of sp³-hybridized carbons (Fsp3) is 0.950. The van der Waals surface area contributed by atoms with E-state index in [0.29, 0.717) is 6.54 Å². The largest absolute Gasteiger partial charge is 0.355 e. The molecule has 0 aromatic rings. The topological polar surface area (TPSA) is 83.5 Å². The van der Waals surface area contributed by atoms with Crippen LogP contribution < -0.4 is 5.32 Å². The molecule has 0 atom stereocenters. The molecule has 0 aliphatic heterocycles. The van der Waals surface area contributed by atoms with Crippen LogP contribution in [0, 0.1) is 0 Å². The fourth-order valence-electron chi connectivity index (χ4n) is 3.12. The van der Waals surface area contributed by atoms with Crippen molar-refractivity contribution < 1.29 is 17.8 Å². The van der Waals surface area contributed by atoms with Gasteiger partial charge in [0.25, 0.3) is 10.1 Å². The van der Waals surface area contributed by atoms with Crippen molar-refractivity contribution in [3.8, 4) is 0 Å². The highest BCUT2D eigenvalue weighted by atomic mass is 32.2. The minimum absolute atomic E-state index is 0.479. The minimum Gasteiger partial charge on any atom is -0.355 e. The van der Waals surface area contributed by atoms with E-state index in [2.05, 4.69) is 12.2 Å². The number of hydrogen-bond acceptors (Lipinski definition) is 3. The van der Waals surface area contributed by atoms with Gasteiger partial charge in [-0.05, 0) is 6.42 Å². The van der Waals surface area contributed by atoms with E-state index in [1.807, 2.05) is 0 Å². The highest BCUT2D eigenvalue weighted by Crippen LogP contribution is 2.13. The normalized spacial score (nSPS) is 11.6. The molecule has 5 nitrogen and oxygen atoms in total. The Labute approximate surface area is 161 Å². The van der Waals surface area contributed by atoms with E-state index in [1.165, 1.54) is 83.5 Å². The van der Waals surface area contributed by atoms with Gasteiger partial charge in [-0.2, -0.15) is 8.42 Å². The molecular formula is C20H41NO4S. The van der Waals surface area contributed by atoms with Gasteiger partial charge in [0.2, 0.25) is 5.91 Å². The lowest BCUT2D eigenvalue weighted by Gasteiger charge is -2.05. The van der Waals surface area contributed by atoms with Gasteiger partial charge >= 0.3 is 0 Å². The molecule has 0 unspecified atom stereocenters. The van der Waals surface area contributed by atoms with Gasteiger partial charge in [-0.1, -0.05) is 103 Å². The molecule has 2 N–H and O–H groups in total. The van der Waals surface area contributed by atoms with Gasteiger partial charge in [-0.3, -0.25) is 9.35 Å². The zero-order valence-corrected chi connectivity index (χ0v) is 17.6. The van der Waals surface area contributed by atoms with E-state index in [0.717, 1.165) is 19.3 Å². The molecular weight excluding hydrogens is 350 g/mol. The fourth-order valence-corrected chi connectivity index (χ4v) is 3.55. The van der Waals surface area contributed by atoms with Crippen LogP contribution in [0.25, 0.3) is 0 Å². The molecule has 0 aromatic heterocycles. The van der Waals surface area contributed by atoms with Crippen LogP contribution >= 0.6 is 0 Å². The Balaban J connectivity index is 3.15. The van der Waals surface area contributed by atoms with Gasteiger partial charge in [0.1, 0.15) is 0 Å². The van der Waals surface area contributed by atoms with Crippen molar-refractivity contribution >= 4 is 16.0 Å². The second-order valence-corrected chi connectivity index (χ2v) is 8.83. The molecule has 0 saturated carbocycles. The number of carbonyl (C=O) groups excluding carboxylic acids is 1. The van der Waals surface area contributed by atoms with E-state index in [9.17, 15) is 13.2 Å². The zero-order chi connectivity index (χ0) is 19.5. The number of hydrogen-bond donors (Lipinski definition) is 2. The molecule has 0 saturated heterocycles. The van der Waals surface area contributed by atoms with E-state index in [1.54, 1.807) is 0 Å². The summed E-state index contributed by atoms with van der Waals surface area (Å²) in [5, 5.41) is 2.51. The molecule has 0 fully saturated rings. The third-order valence-electron chi connectivity index (χ3n) is 4.67. The van der Waals surface area contributed by atoms with Crippen LogP contribution in [0.5, 0.6) is 0 Å². The summed E-state index contributed by atoms with van der Waals surface area (Å²) in [6, 6.07) is 0. The summed E-state index contributed by atoms with van der Waals surface area (Å²) in [6.45, 7) is 2.74. The smallest absolute Gasteiger partial charge is 0.274 e. The Hall–Kier alpha value is -0.620. The van der Waals surface area contributed by atoms with Crippen LogP contribution in [0.4, 0.5) is 0 Å². The molecule has 0 aliphatic carbocycles. The molecule has 26 heavy (non-hydrogen) atoms. The Bertz CT molecular complexity index is 424. The van der Waals surface area contributed by atoms with Crippen molar-refractivity contribution in [2.45, 2.75) is 110 Å².